The molecule has 0 radical (unpaired) electrons. The van der Waals surface area contributed by atoms with E-state index >= 15 is 0 Å². The third kappa shape index (κ3) is 5.88. The summed E-state index contributed by atoms with van der Waals surface area (Å²) in [6.07, 6.45) is -0.168. The zero-order valence-corrected chi connectivity index (χ0v) is 15.0. The van der Waals surface area contributed by atoms with Crippen molar-refractivity contribution in [2.45, 2.75) is 18.2 Å². The van der Waals surface area contributed by atoms with Crippen LogP contribution >= 0.6 is 11.6 Å². The number of carbonyl (C=O) groups is 2. The normalized spacial score (nSPS) is 11.0. The minimum absolute atomic E-state index is 0.129. The molecule has 132 valence electrons. The topological polar surface area (TPSA) is 92.3 Å². The van der Waals surface area contributed by atoms with Crippen molar-refractivity contribution in [3.05, 3.63) is 53.6 Å². The van der Waals surface area contributed by atoms with Gasteiger partial charge in [0.15, 0.2) is 9.84 Å². The molecule has 0 atom stereocenters. The van der Waals surface area contributed by atoms with Crippen molar-refractivity contribution in [3.8, 4) is 0 Å². The highest BCUT2D eigenvalue weighted by Gasteiger charge is 2.16. The third-order valence-electron chi connectivity index (χ3n) is 3.26. The van der Waals surface area contributed by atoms with Crippen molar-refractivity contribution >= 4 is 44.6 Å². The Morgan fingerprint density at radius 1 is 0.920 bits per heavy atom. The molecule has 8 heteroatoms. The molecule has 0 unspecified atom stereocenters. The van der Waals surface area contributed by atoms with Gasteiger partial charge in [-0.2, -0.15) is 0 Å². The SMILES string of the molecule is CC(=O)Nc1ccc(NC(=O)CCS(=O)(=O)c2ccc(Cl)cc2)cc1. The molecular formula is C17H17ClN2O4S. The van der Waals surface area contributed by atoms with Gasteiger partial charge in [0.2, 0.25) is 11.8 Å². The van der Waals surface area contributed by atoms with Crippen LogP contribution in [0.2, 0.25) is 5.02 Å². The van der Waals surface area contributed by atoms with Gasteiger partial charge in [0.1, 0.15) is 0 Å². The summed E-state index contributed by atoms with van der Waals surface area (Å²) in [5.74, 6) is -0.904. The minimum Gasteiger partial charge on any atom is -0.326 e. The second-order valence-corrected chi connectivity index (χ2v) is 7.88. The zero-order valence-electron chi connectivity index (χ0n) is 13.5. The maximum absolute atomic E-state index is 12.2. The van der Waals surface area contributed by atoms with Crippen LogP contribution in [0.25, 0.3) is 0 Å². The average Bonchev–Trinajstić information content (AvgIpc) is 2.55. The van der Waals surface area contributed by atoms with E-state index in [0.717, 1.165) is 0 Å². The molecule has 0 saturated heterocycles. The summed E-state index contributed by atoms with van der Waals surface area (Å²) >= 11 is 5.74. The van der Waals surface area contributed by atoms with E-state index in [2.05, 4.69) is 10.6 Å². The van der Waals surface area contributed by atoms with Gasteiger partial charge < -0.3 is 10.6 Å². The van der Waals surface area contributed by atoms with Crippen molar-refractivity contribution in [2.75, 3.05) is 16.4 Å². The molecule has 0 saturated carbocycles. The molecule has 0 fully saturated rings. The van der Waals surface area contributed by atoms with Crippen LogP contribution in [0.1, 0.15) is 13.3 Å². The Bertz CT molecular complexity index is 863. The smallest absolute Gasteiger partial charge is 0.225 e. The maximum atomic E-state index is 12.2. The average molecular weight is 381 g/mol. The standard InChI is InChI=1S/C17H17ClN2O4S/c1-12(21)19-14-4-6-15(7-5-14)20-17(22)10-11-25(23,24)16-8-2-13(18)3-9-16/h2-9H,10-11H2,1H3,(H,19,21)(H,20,22). The summed E-state index contributed by atoms with van der Waals surface area (Å²) in [7, 11) is -3.55. The van der Waals surface area contributed by atoms with Gasteiger partial charge >= 0.3 is 0 Å². The maximum Gasteiger partial charge on any atom is 0.225 e. The van der Waals surface area contributed by atoms with Crippen LogP contribution in [0.4, 0.5) is 11.4 Å². The van der Waals surface area contributed by atoms with E-state index in [1.807, 2.05) is 0 Å². The molecule has 6 nitrogen and oxygen atoms in total. The van der Waals surface area contributed by atoms with E-state index in [1.165, 1.54) is 31.2 Å². The Labute approximate surface area is 151 Å². The van der Waals surface area contributed by atoms with Crippen LogP contribution in [-0.2, 0) is 19.4 Å². The molecule has 2 N–H and O–H groups in total. The number of hydrogen-bond acceptors (Lipinski definition) is 4. The largest absolute Gasteiger partial charge is 0.326 e. The molecule has 2 aromatic rings. The van der Waals surface area contributed by atoms with Crippen molar-refractivity contribution in [1.29, 1.82) is 0 Å². The number of rotatable bonds is 6. The number of benzene rings is 2. The minimum atomic E-state index is -3.55. The molecule has 0 spiro atoms. The van der Waals surface area contributed by atoms with Crippen molar-refractivity contribution in [1.82, 2.24) is 0 Å². The lowest BCUT2D eigenvalue weighted by Crippen LogP contribution is -2.17. The summed E-state index contributed by atoms with van der Waals surface area (Å²) in [5, 5.41) is 5.67. The Balaban J connectivity index is 1.91. The summed E-state index contributed by atoms with van der Waals surface area (Å²) in [6, 6.07) is 12.3. The highest BCUT2D eigenvalue weighted by molar-refractivity contribution is 7.91. The first-order valence-electron chi connectivity index (χ1n) is 7.42. The van der Waals surface area contributed by atoms with Crippen molar-refractivity contribution < 1.29 is 18.0 Å². The van der Waals surface area contributed by atoms with E-state index in [-0.39, 0.29) is 23.0 Å². The molecule has 2 rings (SSSR count). The summed E-state index contributed by atoms with van der Waals surface area (Å²) < 4.78 is 24.4. The van der Waals surface area contributed by atoms with E-state index in [9.17, 15) is 18.0 Å². The molecule has 0 aromatic heterocycles. The first kappa shape index (κ1) is 19.0. The monoisotopic (exact) mass is 380 g/mol. The highest BCUT2D eigenvalue weighted by atomic mass is 35.5. The lowest BCUT2D eigenvalue weighted by Gasteiger charge is -2.08. The molecule has 0 aliphatic carbocycles. The van der Waals surface area contributed by atoms with Crippen LogP contribution in [0.3, 0.4) is 0 Å². The van der Waals surface area contributed by atoms with Gasteiger partial charge in [0, 0.05) is 29.7 Å². The molecule has 2 aromatic carbocycles. The first-order chi connectivity index (χ1) is 11.8. The van der Waals surface area contributed by atoms with Crippen molar-refractivity contribution in [2.24, 2.45) is 0 Å². The zero-order chi connectivity index (χ0) is 18.4. The number of hydrogen-bond donors (Lipinski definition) is 2. The number of sulfone groups is 1. The number of anilines is 2. The first-order valence-corrected chi connectivity index (χ1v) is 9.45. The van der Waals surface area contributed by atoms with E-state index in [4.69, 9.17) is 11.6 Å². The van der Waals surface area contributed by atoms with Gasteiger partial charge in [-0.25, -0.2) is 8.42 Å². The second-order valence-electron chi connectivity index (χ2n) is 5.33. The number of carbonyl (C=O) groups excluding carboxylic acids is 2. The molecule has 25 heavy (non-hydrogen) atoms. The van der Waals surface area contributed by atoms with Gasteiger partial charge in [-0.1, -0.05) is 11.6 Å². The predicted molar refractivity (Wildman–Crippen MR) is 97.5 cm³/mol. The van der Waals surface area contributed by atoms with Gasteiger partial charge in [-0.05, 0) is 48.5 Å². The quantitative estimate of drug-likeness (QED) is 0.805. The van der Waals surface area contributed by atoms with Crippen LogP contribution in [0, 0.1) is 0 Å². The number of halogens is 1. The molecule has 0 aliphatic rings. The Morgan fingerprint density at radius 3 is 1.96 bits per heavy atom. The van der Waals surface area contributed by atoms with E-state index < -0.39 is 15.7 Å². The summed E-state index contributed by atoms with van der Waals surface area (Å²) in [4.78, 5) is 23.0. The molecular weight excluding hydrogens is 364 g/mol. The second kappa shape index (κ2) is 8.13. The lowest BCUT2D eigenvalue weighted by molar-refractivity contribution is -0.116. The van der Waals surface area contributed by atoms with E-state index in [0.29, 0.717) is 16.4 Å². The Morgan fingerprint density at radius 2 is 1.44 bits per heavy atom. The molecule has 2 amide bonds. The van der Waals surface area contributed by atoms with Crippen LogP contribution in [-0.4, -0.2) is 26.0 Å². The van der Waals surface area contributed by atoms with Gasteiger partial charge in [0.25, 0.3) is 0 Å². The Hall–Kier alpha value is -2.38. The molecule has 0 heterocycles. The van der Waals surface area contributed by atoms with E-state index in [1.54, 1.807) is 24.3 Å². The highest BCUT2D eigenvalue weighted by Crippen LogP contribution is 2.17. The van der Waals surface area contributed by atoms with Crippen LogP contribution in [0.5, 0.6) is 0 Å². The van der Waals surface area contributed by atoms with Gasteiger partial charge in [-0.15, -0.1) is 0 Å². The fourth-order valence-electron chi connectivity index (χ4n) is 2.05. The summed E-state index contributed by atoms with van der Waals surface area (Å²) in [6.45, 7) is 1.40. The fourth-order valence-corrected chi connectivity index (χ4v) is 3.42. The third-order valence-corrected chi connectivity index (χ3v) is 5.24. The van der Waals surface area contributed by atoms with Gasteiger partial charge in [0.05, 0.1) is 10.6 Å². The van der Waals surface area contributed by atoms with Crippen molar-refractivity contribution in [3.63, 3.8) is 0 Å². The van der Waals surface area contributed by atoms with Crippen LogP contribution in [0.15, 0.2) is 53.4 Å². The molecule has 0 aliphatic heterocycles. The number of nitrogens with one attached hydrogen (secondary N) is 2. The number of amides is 2. The summed E-state index contributed by atoms with van der Waals surface area (Å²) in [5.41, 5.74) is 1.12. The Kier molecular flexibility index (Phi) is 6.17. The predicted octanol–water partition coefficient (Wildman–Crippen LogP) is 3.10. The molecule has 0 bridgehead atoms. The van der Waals surface area contributed by atoms with Gasteiger partial charge in [-0.3, -0.25) is 9.59 Å². The lowest BCUT2D eigenvalue weighted by atomic mass is 10.2. The fraction of sp³-hybridized carbons (Fsp3) is 0.176. The van der Waals surface area contributed by atoms with Crippen LogP contribution < -0.4 is 10.6 Å².